The van der Waals surface area contributed by atoms with Crippen LogP contribution in [0.5, 0.6) is 11.6 Å². The Kier molecular flexibility index (Phi) is 12.3. The minimum Gasteiger partial charge on any atom is -0.491 e. The number of rotatable bonds is 10. The van der Waals surface area contributed by atoms with Gasteiger partial charge in [0.25, 0.3) is 5.91 Å². The van der Waals surface area contributed by atoms with E-state index in [-0.39, 0.29) is 31.2 Å². The van der Waals surface area contributed by atoms with Crippen molar-refractivity contribution in [1.29, 1.82) is 0 Å². The maximum atomic E-state index is 14.8. The smallest absolute Gasteiger partial charge is 0.411 e. The molecule has 1 aromatic carbocycles. The number of amides is 5. The van der Waals surface area contributed by atoms with E-state index in [9.17, 15) is 40.8 Å². The van der Waals surface area contributed by atoms with Crippen molar-refractivity contribution in [3.05, 3.63) is 42.6 Å². The number of nitrogens with one attached hydrogen (secondary N) is 4. The van der Waals surface area contributed by atoms with Gasteiger partial charge in [-0.3, -0.25) is 19.1 Å². The maximum Gasteiger partial charge on any atom is 0.411 e. The monoisotopic (exact) mass is 848 g/mol. The Labute approximate surface area is 342 Å². The van der Waals surface area contributed by atoms with E-state index < -0.39 is 85.8 Å². The van der Waals surface area contributed by atoms with Gasteiger partial charge >= 0.3 is 12.2 Å². The van der Waals surface area contributed by atoms with Gasteiger partial charge in [0.1, 0.15) is 35.0 Å². The van der Waals surface area contributed by atoms with Gasteiger partial charge in [0, 0.05) is 23.1 Å². The first-order chi connectivity index (χ1) is 27.6. The number of urea groups is 1. The Bertz CT molecular complexity index is 2090. The third-order valence-electron chi connectivity index (χ3n) is 12.1. The fourth-order valence-corrected chi connectivity index (χ4v) is 9.16. The van der Waals surface area contributed by atoms with Gasteiger partial charge in [0.05, 0.1) is 24.1 Å². The SMILES string of the molecule is CCCOc1cnc(OC2CC3C(=O)NC4(C(=O)NS(=O)(=O)C5(C)CC5)CC4C=CCCC(C)CC(C)C(NC(=O)NC(C)(C)C(F)(F)F)C(=O)N3C2)c2ccccc12. The van der Waals surface area contributed by atoms with Crippen LogP contribution in [-0.4, -0.2) is 95.4 Å². The molecule has 2 saturated carbocycles. The summed E-state index contributed by atoms with van der Waals surface area (Å²) in [5, 5.41) is 8.60. The number of aromatic nitrogens is 1. The quantitative estimate of drug-likeness (QED) is 0.232. The number of fused-ring (bicyclic) bond motifs is 3. The predicted molar refractivity (Wildman–Crippen MR) is 213 cm³/mol. The lowest BCUT2D eigenvalue weighted by Gasteiger charge is -2.34. The van der Waals surface area contributed by atoms with Crippen LogP contribution in [0.2, 0.25) is 0 Å². The van der Waals surface area contributed by atoms with Crippen LogP contribution >= 0.6 is 0 Å². The molecule has 4 aliphatic rings. The van der Waals surface area contributed by atoms with E-state index in [0.29, 0.717) is 49.8 Å². The summed E-state index contributed by atoms with van der Waals surface area (Å²) in [5.41, 5.74) is -4.27. The molecule has 0 spiro atoms. The van der Waals surface area contributed by atoms with Crippen molar-refractivity contribution in [2.24, 2.45) is 17.8 Å². The number of sulfonamides is 1. The highest BCUT2D eigenvalue weighted by molar-refractivity contribution is 7.91. The molecule has 7 unspecified atom stereocenters. The molecule has 5 amide bonds. The van der Waals surface area contributed by atoms with Gasteiger partial charge in [-0.05, 0) is 83.6 Å². The molecule has 59 heavy (non-hydrogen) atoms. The van der Waals surface area contributed by atoms with Crippen LogP contribution in [0.3, 0.4) is 0 Å². The Morgan fingerprint density at radius 1 is 1.08 bits per heavy atom. The lowest BCUT2D eigenvalue weighted by atomic mass is 9.88. The molecule has 2 aliphatic carbocycles. The van der Waals surface area contributed by atoms with Gasteiger partial charge < -0.3 is 30.3 Å². The van der Waals surface area contributed by atoms with Crippen molar-refractivity contribution < 1.29 is 50.2 Å². The molecule has 3 heterocycles. The summed E-state index contributed by atoms with van der Waals surface area (Å²) in [7, 11) is -4.07. The summed E-state index contributed by atoms with van der Waals surface area (Å²) in [4.78, 5) is 62.3. The molecule has 1 aromatic heterocycles. The number of pyridine rings is 1. The van der Waals surface area contributed by atoms with Gasteiger partial charge in [-0.2, -0.15) is 13.2 Å². The summed E-state index contributed by atoms with van der Waals surface area (Å²) < 4.78 is 81.3. The molecule has 2 aromatic rings. The van der Waals surface area contributed by atoms with Crippen molar-refractivity contribution in [2.45, 2.75) is 133 Å². The number of halogens is 3. The van der Waals surface area contributed by atoms with Crippen molar-refractivity contribution in [3.8, 4) is 11.6 Å². The molecule has 6 rings (SSSR count). The molecule has 0 radical (unpaired) electrons. The van der Waals surface area contributed by atoms with E-state index in [2.05, 4.69) is 20.3 Å². The predicted octanol–water partition coefficient (Wildman–Crippen LogP) is 5.27. The minimum absolute atomic E-state index is 0.0166. The van der Waals surface area contributed by atoms with Crippen molar-refractivity contribution >= 4 is 44.5 Å². The highest BCUT2D eigenvalue weighted by Gasteiger charge is 2.63. The Morgan fingerprint density at radius 3 is 2.44 bits per heavy atom. The third-order valence-corrected chi connectivity index (χ3v) is 14.3. The molecule has 14 nitrogen and oxygen atoms in total. The van der Waals surface area contributed by atoms with Crippen LogP contribution in [-0.2, 0) is 24.4 Å². The molecule has 7 atom stereocenters. The summed E-state index contributed by atoms with van der Waals surface area (Å²) in [5.74, 6) is -2.78. The van der Waals surface area contributed by atoms with E-state index in [0.717, 1.165) is 25.7 Å². The van der Waals surface area contributed by atoms with Crippen LogP contribution < -0.4 is 30.1 Å². The number of carbonyl (C=O) groups excluding carboxylic acids is 4. The first kappa shape index (κ1) is 44.0. The van der Waals surface area contributed by atoms with Crippen LogP contribution in [0.4, 0.5) is 18.0 Å². The Morgan fingerprint density at radius 2 is 1.78 bits per heavy atom. The Balaban J connectivity index is 1.35. The average Bonchev–Trinajstić information content (AvgIpc) is 4.04. The summed E-state index contributed by atoms with van der Waals surface area (Å²) >= 11 is 0. The second-order valence-electron chi connectivity index (χ2n) is 17.5. The normalized spacial score (nSPS) is 28.6. The maximum absolute atomic E-state index is 14.8. The summed E-state index contributed by atoms with van der Waals surface area (Å²) in [6.07, 6.45) is 2.69. The van der Waals surface area contributed by atoms with Gasteiger partial charge in [-0.1, -0.05) is 51.1 Å². The van der Waals surface area contributed by atoms with E-state index in [1.165, 1.54) is 11.1 Å². The number of hydrogen-bond acceptors (Lipinski definition) is 9. The number of benzene rings is 1. The first-order valence-electron chi connectivity index (χ1n) is 20.3. The number of carbonyl (C=O) groups is 4. The second kappa shape index (κ2) is 16.4. The molecule has 1 saturated heterocycles. The van der Waals surface area contributed by atoms with E-state index in [4.69, 9.17) is 9.47 Å². The van der Waals surface area contributed by atoms with Gasteiger partial charge in [0.15, 0.2) is 0 Å². The van der Waals surface area contributed by atoms with Crippen LogP contribution in [0.25, 0.3) is 10.8 Å². The Hall–Kier alpha value is -4.61. The van der Waals surface area contributed by atoms with E-state index in [1.807, 2.05) is 37.4 Å². The topological polar surface area (TPSA) is 185 Å². The number of allylic oxidation sites excluding steroid dienone is 1. The van der Waals surface area contributed by atoms with E-state index in [1.54, 1.807) is 32.1 Å². The van der Waals surface area contributed by atoms with Crippen LogP contribution in [0.1, 0.15) is 92.9 Å². The average molecular weight is 849 g/mol. The lowest BCUT2D eigenvalue weighted by molar-refractivity contribution is -0.182. The van der Waals surface area contributed by atoms with Crippen molar-refractivity contribution in [2.75, 3.05) is 13.2 Å². The second-order valence-corrected chi connectivity index (χ2v) is 19.7. The number of alkyl halides is 3. The summed E-state index contributed by atoms with van der Waals surface area (Å²) in [6.45, 7) is 9.08. The highest BCUT2D eigenvalue weighted by atomic mass is 32.2. The fraction of sp³-hybridized carbons (Fsp3) is 0.634. The molecule has 324 valence electrons. The van der Waals surface area contributed by atoms with Gasteiger partial charge in [-0.15, -0.1) is 0 Å². The number of ether oxygens (including phenoxy) is 2. The number of hydrogen-bond donors (Lipinski definition) is 4. The standard InChI is InChI=1S/C41H55F3N6O8S/c1-7-18-57-31-22-45-34(29-15-11-10-14-28(29)31)58-27-20-30-33(51)47-40(36(53)49-59(55,56)39(6)16-17-39)21-26(40)13-9-8-12-24(2)19-25(3)32(35(52)50(30)23-27)46-37(54)48-38(4,5)41(42,43)44/h9-11,13-15,22,24-27,30,32H,7-8,12,16-21,23H2,1-6H3,(H,47,51)(H,49,53)(H2,46,48,54). The zero-order chi connectivity index (χ0) is 43.1. The van der Waals surface area contributed by atoms with Crippen molar-refractivity contribution in [1.82, 2.24) is 30.6 Å². The first-order valence-corrected chi connectivity index (χ1v) is 21.8. The molecular formula is C41H55F3N6O8S. The molecule has 2 aliphatic heterocycles. The third kappa shape index (κ3) is 9.26. The molecule has 3 fully saturated rings. The van der Waals surface area contributed by atoms with E-state index >= 15 is 0 Å². The molecule has 4 N–H and O–H groups in total. The van der Waals surface area contributed by atoms with Gasteiger partial charge in [-0.25, -0.2) is 18.2 Å². The van der Waals surface area contributed by atoms with Crippen LogP contribution in [0.15, 0.2) is 42.6 Å². The highest BCUT2D eigenvalue weighted by Crippen LogP contribution is 2.48. The largest absolute Gasteiger partial charge is 0.491 e. The number of nitrogens with zero attached hydrogens (tertiary/aromatic N) is 2. The van der Waals surface area contributed by atoms with Crippen LogP contribution in [0, 0.1) is 17.8 Å². The van der Waals surface area contributed by atoms with Gasteiger partial charge in [0.2, 0.25) is 27.7 Å². The molecule has 18 heteroatoms. The molecular weight excluding hydrogens is 794 g/mol. The zero-order valence-electron chi connectivity index (χ0n) is 34.3. The molecule has 0 bridgehead atoms. The summed E-state index contributed by atoms with van der Waals surface area (Å²) in [6, 6.07) is 3.39. The zero-order valence-corrected chi connectivity index (χ0v) is 35.1. The lowest BCUT2D eigenvalue weighted by Crippen LogP contribution is -2.62. The van der Waals surface area contributed by atoms with Crippen molar-refractivity contribution in [3.63, 3.8) is 0 Å². The minimum atomic E-state index is -4.80. The fourth-order valence-electron chi connectivity index (χ4n) is 7.85.